The van der Waals surface area contributed by atoms with Gasteiger partial charge in [-0.15, -0.1) is 0 Å². The Kier molecular flexibility index (Phi) is 6.72. The molecule has 0 spiro atoms. The highest BCUT2D eigenvalue weighted by molar-refractivity contribution is 7.90. The molecule has 30 heavy (non-hydrogen) atoms. The van der Waals surface area contributed by atoms with Crippen molar-refractivity contribution < 1.29 is 13.2 Å². The maximum atomic E-state index is 13.2. The molecule has 2 aromatic rings. The van der Waals surface area contributed by atoms with Gasteiger partial charge in [-0.2, -0.15) is 0 Å². The van der Waals surface area contributed by atoms with Crippen LogP contribution < -0.4 is 0 Å². The number of amides is 1. The third kappa shape index (κ3) is 5.13. The molecule has 164 valence electrons. The van der Waals surface area contributed by atoms with Crippen LogP contribution in [0.1, 0.15) is 47.1 Å². The van der Waals surface area contributed by atoms with E-state index in [4.69, 9.17) is 0 Å². The van der Waals surface area contributed by atoms with E-state index in [2.05, 4.69) is 47.6 Å². The second kappa shape index (κ2) is 8.94. The molecule has 1 fully saturated rings. The van der Waals surface area contributed by atoms with Gasteiger partial charge in [-0.25, -0.2) is 8.42 Å². The van der Waals surface area contributed by atoms with Crippen molar-refractivity contribution in [3.05, 3.63) is 52.8 Å². The summed E-state index contributed by atoms with van der Waals surface area (Å²) >= 11 is 0. The standard InChI is InChI=1S/C23H33N3O3S/c1-17(2)20-6-8-21(9-7-20)26-18(3)16-22(19(26)4)23(27)25-12-10-24(11-13-25)14-15-30(5,28)29/h6-9,16-17H,10-15H2,1-5H3. The molecule has 7 heteroatoms. The summed E-state index contributed by atoms with van der Waals surface area (Å²) in [6, 6.07) is 10.5. The SMILES string of the molecule is Cc1cc(C(=O)N2CCN(CCS(C)(=O)=O)CC2)c(C)n1-c1ccc(C(C)C)cc1. The van der Waals surface area contributed by atoms with E-state index in [1.807, 2.05) is 24.8 Å². The smallest absolute Gasteiger partial charge is 0.255 e. The highest BCUT2D eigenvalue weighted by Gasteiger charge is 2.25. The average molecular weight is 432 g/mol. The number of carbonyl (C=O) groups excluding carboxylic acids is 1. The average Bonchev–Trinajstić information content (AvgIpc) is 3.00. The molecule has 6 nitrogen and oxygen atoms in total. The van der Waals surface area contributed by atoms with E-state index < -0.39 is 9.84 Å². The van der Waals surface area contributed by atoms with Gasteiger partial charge in [0.05, 0.1) is 11.3 Å². The number of nitrogens with zero attached hydrogens (tertiary/aromatic N) is 3. The first-order chi connectivity index (χ1) is 14.1. The number of piperazine rings is 1. The number of aromatic nitrogens is 1. The van der Waals surface area contributed by atoms with Crippen LogP contribution in [0.4, 0.5) is 0 Å². The van der Waals surface area contributed by atoms with E-state index in [1.165, 1.54) is 11.8 Å². The minimum Gasteiger partial charge on any atom is -0.336 e. The lowest BCUT2D eigenvalue weighted by atomic mass is 10.0. The third-order valence-electron chi connectivity index (χ3n) is 5.92. The van der Waals surface area contributed by atoms with Gasteiger partial charge in [0.2, 0.25) is 0 Å². The summed E-state index contributed by atoms with van der Waals surface area (Å²) in [7, 11) is -2.96. The van der Waals surface area contributed by atoms with Crippen LogP contribution in [-0.4, -0.2) is 73.4 Å². The minimum atomic E-state index is -2.96. The van der Waals surface area contributed by atoms with E-state index in [0.717, 1.165) is 22.6 Å². The second-order valence-corrected chi connectivity index (χ2v) is 10.9. The molecule has 0 atom stereocenters. The second-order valence-electron chi connectivity index (χ2n) is 8.63. The van der Waals surface area contributed by atoms with Crippen LogP contribution in [0, 0.1) is 13.8 Å². The van der Waals surface area contributed by atoms with Crippen molar-refractivity contribution in [1.82, 2.24) is 14.4 Å². The van der Waals surface area contributed by atoms with Gasteiger partial charge in [0.1, 0.15) is 9.84 Å². The largest absolute Gasteiger partial charge is 0.336 e. The predicted molar refractivity (Wildman–Crippen MR) is 121 cm³/mol. The molecule has 0 radical (unpaired) electrons. The van der Waals surface area contributed by atoms with E-state index in [-0.39, 0.29) is 11.7 Å². The Balaban J connectivity index is 1.71. The Morgan fingerprint density at radius 3 is 2.17 bits per heavy atom. The van der Waals surface area contributed by atoms with Crippen LogP contribution in [0.2, 0.25) is 0 Å². The summed E-state index contributed by atoms with van der Waals surface area (Å²) in [5, 5.41) is 0. The molecule has 0 unspecified atom stereocenters. The van der Waals surface area contributed by atoms with Crippen molar-refractivity contribution in [1.29, 1.82) is 0 Å². The zero-order chi connectivity index (χ0) is 22.1. The molecule has 0 N–H and O–H groups in total. The fourth-order valence-electron chi connectivity index (χ4n) is 4.02. The minimum absolute atomic E-state index is 0.0518. The van der Waals surface area contributed by atoms with E-state index in [1.54, 1.807) is 0 Å². The lowest BCUT2D eigenvalue weighted by Gasteiger charge is -2.34. The number of hydrogen-bond donors (Lipinski definition) is 0. The van der Waals surface area contributed by atoms with Crippen molar-refractivity contribution in [2.75, 3.05) is 44.7 Å². The lowest BCUT2D eigenvalue weighted by molar-refractivity contribution is 0.0643. The van der Waals surface area contributed by atoms with Crippen molar-refractivity contribution >= 4 is 15.7 Å². The van der Waals surface area contributed by atoms with Gasteiger partial charge in [0.25, 0.3) is 5.91 Å². The Morgan fingerprint density at radius 1 is 1.03 bits per heavy atom. The first kappa shape index (κ1) is 22.6. The highest BCUT2D eigenvalue weighted by Crippen LogP contribution is 2.24. The molecule has 0 bridgehead atoms. The summed E-state index contributed by atoms with van der Waals surface area (Å²) in [4.78, 5) is 17.2. The normalized spacial score (nSPS) is 15.7. The van der Waals surface area contributed by atoms with Crippen LogP contribution in [0.3, 0.4) is 0 Å². The van der Waals surface area contributed by atoms with Crippen LogP contribution in [0.15, 0.2) is 30.3 Å². The maximum absolute atomic E-state index is 13.2. The number of benzene rings is 1. The van der Waals surface area contributed by atoms with Gasteiger partial charge in [0, 0.05) is 56.1 Å². The van der Waals surface area contributed by atoms with Crippen molar-refractivity contribution in [3.8, 4) is 5.69 Å². The Labute approximate surface area is 180 Å². The maximum Gasteiger partial charge on any atom is 0.255 e. The first-order valence-electron chi connectivity index (χ1n) is 10.6. The van der Waals surface area contributed by atoms with Gasteiger partial charge in [-0.3, -0.25) is 9.69 Å². The van der Waals surface area contributed by atoms with Crippen molar-refractivity contribution in [2.24, 2.45) is 0 Å². The summed E-state index contributed by atoms with van der Waals surface area (Å²) in [6.45, 7) is 11.6. The molecule has 1 amide bonds. The number of aryl methyl sites for hydroxylation is 1. The monoisotopic (exact) mass is 431 g/mol. The van der Waals surface area contributed by atoms with Gasteiger partial charge in [-0.1, -0.05) is 26.0 Å². The van der Waals surface area contributed by atoms with E-state index in [0.29, 0.717) is 38.6 Å². The van der Waals surface area contributed by atoms with Gasteiger partial charge >= 0.3 is 0 Å². The van der Waals surface area contributed by atoms with Crippen molar-refractivity contribution in [3.63, 3.8) is 0 Å². The van der Waals surface area contributed by atoms with E-state index in [9.17, 15) is 13.2 Å². The predicted octanol–water partition coefficient (Wildman–Crippen LogP) is 3.02. The van der Waals surface area contributed by atoms with Crippen molar-refractivity contribution in [2.45, 2.75) is 33.6 Å². The van der Waals surface area contributed by atoms with Crippen LogP contribution in [-0.2, 0) is 9.84 Å². The Hall–Kier alpha value is -2.12. The lowest BCUT2D eigenvalue weighted by Crippen LogP contribution is -2.49. The summed E-state index contributed by atoms with van der Waals surface area (Å²) in [5.74, 6) is 0.701. The Bertz CT molecular complexity index is 999. The van der Waals surface area contributed by atoms with Crippen LogP contribution >= 0.6 is 0 Å². The molecule has 1 aliphatic heterocycles. The Morgan fingerprint density at radius 2 is 1.63 bits per heavy atom. The number of carbonyl (C=O) groups is 1. The molecule has 1 aromatic heterocycles. The molecule has 3 rings (SSSR count). The molecule has 2 heterocycles. The summed E-state index contributed by atoms with van der Waals surface area (Å²) in [6.07, 6.45) is 1.26. The fourth-order valence-corrected chi connectivity index (χ4v) is 4.61. The first-order valence-corrected chi connectivity index (χ1v) is 12.6. The fraction of sp³-hybridized carbons (Fsp3) is 0.522. The molecule has 1 aromatic carbocycles. The summed E-state index contributed by atoms with van der Waals surface area (Å²) < 4.78 is 24.9. The number of rotatable bonds is 6. The molecular formula is C23H33N3O3S. The highest BCUT2D eigenvalue weighted by atomic mass is 32.2. The number of sulfone groups is 1. The molecule has 0 saturated carbocycles. The molecule has 1 aliphatic rings. The topological polar surface area (TPSA) is 62.6 Å². The summed E-state index contributed by atoms with van der Waals surface area (Å²) in [5.41, 5.74) is 5.10. The molecular weight excluding hydrogens is 398 g/mol. The van der Waals surface area contributed by atoms with E-state index >= 15 is 0 Å². The van der Waals surface area contributed by atoms with Crippen LogP contribution in [0.25, 0.3) is 5.69 Å². The van der Waals surface area contributed by atoms with Gasteiger partial charge in [-0.05, 0) is 43.5 Å². The van der Waals surface area contributed by atoms with Crippen LogP contribution in [0.5, 0.6) is 0 Å². The molecule has 1 saturated heterocycles. The quantitative estimate of drug-likeness (QED) is 0.705. The third-order valence-corrected chi connectivity index (χ3v) is 6.84. The number of hydrogen-bond acceptors (Lipinski definition) is 4. The molecule has 0 aliphatic carbocycles. The van der Waals surface area contributed by atoms with Gasteiger partial charge in [0.15, 0.2) is 0 Å². The zero-order valence-corrected chi connectivity index (χ0v) is 19.5. The zero-order valence-electron chi connectivity index (χ0n) is 18.7. The van der Waals surface area contributed by atoms with Gasteiger partial charge < -0.3 is 9.47 Å².